The van der Waals surface area contributed by atoms with Crippen molar-refractivity contribution >= 4 is 11.9 Å². The molecule has 0 aromatic carbocycles. The van der Waals surface area contributed by atoms with Crippen molar-refractivity contribution in [3.8, 4) is 0 Å². The average Bonchev–Trinajstić information content (AvgIpc) is 2.95. The van der Waals surface area contributed by atoms with Crippen molar-refractivity contribution < 1.29 is 13.6 Å². The van der Waals surface area contributed by atoms with E-state index in [0.717, 1.165) is 24.4 Å². The molecular weight excluding hydrogens is 302 g/mol. The van der Waals surface area contributed by atoms with Gasteiger partial charge in [0.1, 0.15) is 0 Å². The van der Waals surface area contributed by atoms with Gasteiger partial charge in [-0.1, -0.05) is 0 Å². The van der Waals surface area contributed by atoms with E-state index in [0.29, 0.717) is 12.5 Å². The lowest BCUT2D eigenvalue weighted by molar-refractivity contribution is -0.140. The lowest BCUT2D eigenvalue weighted by atomic mass is 10.0. The number of carbonyl (C=O) groups excluding carboxylic acids is 1. The van der Waals surface area contributed by atoms with E-state index in [-0.39, 0.29) is 37.8 Å². The number of aromatic nitrogens is 2. The van der Waals surface area contributed by atoms with E-state index < -0.39 is 5.92 Å². The maximum absolute atomic E-state index is 13.2. The van der Waals surface area contributed by atoms with Crippen LogP contribution in [0.3, 0.4) is 0 Å². The minimum Gasteiger partial charge on any atom is -0.342 e. The Labute approximate surface area is 134 Å². The molecule has 126 valence electrons. The molecule has 7 heteroatoms. The van der Waals surface area contributed by atoms with E-state index in [1.165, 1.54) is 0 Å². The monoisotopic (exact) mass is 324 g/mol. The number of amides is 1. The Morgan fingerprint density at radius 1 is 1.17 bits per heavy atom. The zero-order valence-corrected chi connectivity index (χ0v) is 13.6. The van der Waals surface area contributed by atoms with Gasteiger partial charge in [-0.2, -0.15) is 0 Å². The molecule has 0 aliphatic carbocycles. The zero-order valence-electron chi connectivity index (χ0n) is 13.6. The van der Waals surface area contributed by atoms with Gasteiger partial charge in [-0.3, -0.25) is 4.79 Å². The van der Waals surface area contributed by atoms with Crippen LogP contribution in [-0.4, -0.2) is 52.9 Å². The van der Waals surface area contributed by atoms with Crippen LogP contribution in [0.1, 0.15) is 30.7 Å². The summed E-state index contributed by atoms with van der Waals surface area (Å²) in [6.07, 6.45) is 0.271. The molecule has 3 rings (SSSR count). The standard InChI is InChI=1S/C16H22F2N4O/c1-11-9-12(2)20-15(19-11)22-6-3-13(10-22)14(23)21-7-4-16(17,18)5-8-21/h9,13H,3-8,10H2,1-2H3. The molecule has 1 aromatic heterocycles. The Kier molecular flexibility index (Phi) is 4.21. The summed E-state index contributed by atoms with van der Waals surface area (Å²) in [4.78, 5) is 25.0. The van der Waals surface area contributed by atoms with Crippen molar-refractivity contribution in [2.45, 2.75) is 39.0 Å². The summed E-state index contributed by atoms with van der Waals surface area (Å²) < 4.78 is 26.4. The number of alkyl halides is 2. The average molecular weight is 324 g/mol. The lowest BCUT2D eigenvalue weighted by Crippen LogP contribution is -2.45. The zero-order chi connectivity index (χ0) is 16.6. The van der Waals surface area contributed by atoms with Crippen molar-refractivity contribution in [3.63, 3.8) is 0 Å². The molecule has 2 fully saturated rings. The third kappa shape index (κ3) is 3.59. The van der Waals surface area contributed by atoms with Gasteiger partial charge in [0.2, 0.25) is 11.9 Å². The predicted molar refractivity (Wildman–Crippen MR) is 82.6 cm³/mol. The fourth-order valence-corrected chi connectivity index (χ4v) is 3.30. The number of nitrogens with zero attached hydrogens (tertiary/aromatic N) is 4. The van der Waals surface area contributed by atoms with Crippen LogP contribution in [0.25, 0.3) is 0 Å². The maximum atomic E-state index is 13.2. The minimum atomic E-state index is -2.62. The predicted octanol–water partition coefficient (Wildman–Crippen LogP) is 2.18. The van der Waals surface area contributed by atoms with E-state index in [9.17, 15) is 13.6 Å². The van der Waals surface area contributed by atoms with Crippen LogP contribution in [-0.2, 0) is 4.79 Å². The lowest BCUT2D eigenvalue weighted by Gasteiger charge is -2.33. The molecule has 1 aromatic rings. The van der Waals surface area contributed by atoms with Crippen molar-refractivity contribution in [1.29, 1.82) is 0 Å². The Balaban J connectivity index is 1.62. The molecule has 0 radical (unpaired) electrons. The Morgan fingerprint density at radius 2 is 1.78 bits per heavy atom. The van der Waals surface area contributed by atoms with Gasteiger partial charge >= 0.3 is 0 Å². The van der Waals surface area contributed by atoms with E-state index in [2.05, 4.69) is 9.97 Å². The molecule has 5 nitrogen and oxygen atoms in total. The molecule has 23 heavy (non-hydrogen) atoms. The van der Waals surface area contributed by atoms with Gasteiger partial charge < -0.3 is 9.80 Å². The quantitative estimate of drug-likeness (QED) is 0.837. The summed E-state index contributed by atoms with van der Waals surface area (Å²) in [7, 11) is 0. The van der Waals surface area contributed by atoms with Gasteiger partial charge in [-0.15, -0.1) is 0 Å². The number of aryl methyl sites for hydroxylation is 2. The van der Waals surface area contributed by atoms with Gasteiger partial charge in [0.05, 0.1) is 5.92 Å². The highest BCUT2D eigenvalue weighted by Crippen LogP contribution is 2.30. The first-order valence-electron chi connectivity index (χ1n) is 8.08. The molecule has 1 amide bonds. The second kappa shape index (κ2) is 6.02. The maximum Gasteiger partial charge on any atom is 0.251 e. The molecule has 0 saturated carbocycles. The topological polar surface area (TPSA) is 49.3 Å². The number of piperidine rings is 1. The third-order valence-corrected chi connectivity index (χ3v) is 4.60. The fraction of sp³-hybridized carbons (Fsp3) is 0.688. The number of hydrogen-bond donors (Lipinski definition) is 0. The van der Waals surface area contributed by atoms with E-state index in [4.69, 9.17) is 0 Å². The normalized spacial score (nSPS) is 24.1. The number of halogens is 2. The van der Waals surface area contributed by atoms with Crippen LogP contribution in [0.2, 0.25) is 0 Å². The molecule has 2 saturated heterocycles. The molecule has 0 N–H and O–H groups in total. The summed E-state index contributed by atoms with van der Waals surface area (Å²) in [6, 6.07) is 1.91. The number of hydrogen-bond acceptors (Lipinski definition) is 4. The van der Waals surface area contributed by atoms with Crippen molar-refractivity contribution in [3.05, 3.63) is 17.5 Å². The Bertz CT molecular complexity index is 577. The van der Waals surface area contributed by atoms with Crippen LogP contribution < -0.4 is 4.90 Å². The van der Waals surface area contributed by atoms with Crippen molar-refractivity contribution in [2.75, 3.05) is 31.1 Å². The van der Waals surface area contributed by atoms with E-state index in [1.807, 2.05) is 24.8 Å². The Morgan fingerprint density at radius 3 is 2.39 bits per heavy atom. The first kappa shape index (κ1) is 16.1. The number of carbonyl (C=O) groups is 1. The van der Waals surface area contributed by atoms with Crippen LogP contribution in [0.15, 0.2) is 6.07 Å². The summed E-state index contributed by atoms with van der Waals surface area (Å²) in [5, 5.41) is 0. The second-order valence-electron chi connectivity index (χ2n) is 6.56. The minimum absolute atomic E-state index is 0.00706. The van der Waals surface area contributed by atoms with Crippen molar-refractivity contribution in [2.24, 2.45) is 5.92 Å². The first-order chi connectivity index (χ1) is 10.8. The van der Waals surface area contributed by atoms with E-state index >= 15 is 0 Å². The molecule has 2 aliphatic rings. The highest BCUT2D eigenvalue weighted by molar-refractivity contribution is 5.80. The molecule has 0 bridgehead atoms. The summed E-state index contributed by atoms with van der Waals surface area (Å²) in [6.45, 7) is 5.44. The molecular formula is C16H22F2N4O. The molecule has 2 aliphatic heterocycles. The van der Waals surface area contributed by atoms with E-state index in [1.54, 1.807) is 4.90 Å². The van der Waals surface area contributed by atoms with Crippen LogP contribution in [0.4, 0.5) is 14.7 Å². The third-order valence-electron chi connectivity index (χ3n) is 4.60. The van der Waals surface area contributed by atoms with Crippen LogP contribution >= 0.6 is 0 Å². The molecule has 3 heterocycles. The van der Waals surface area contributed by atoms with Gasteiger partial charge in [-0.25, -0.2) is 18.7 Å². The SMILES string of the molecule is Cc1cc(C)nc(N2CCC(C(=O)N3CCC(F)(F)CC3)C2)n1. The van der Waals surface area contributed by atoms with Crippen molar-refractivity contribution in [1.82, 2.24) is 14.9 Å². The van der Waals surface area contributed by atoms with Gasteiger partial charge in [-0.05, 0) is 26.3 Å². The molecule has 1 atom stereocenters. The highest BCUT2D eigenvalue weighted by atomic mass is 19.3. The Hall–Kier alpha value is -1.79. The van der Waals surface area contributed by atoms with Crippen LogP contribution in [0.5, 0.6) is 0 Å². The second-order valence-corrected chi connectivity index (χ2v) is 6.56. The summed E-state index contributed by atoms with van der Waals surface area (Å²) in [5.74, 6) is -2.12. The summed E-state index contributed by atoms with van der Waals surface area (Å²) in [5.41, 5.74) is 1.81. The first-order valence-corrected chi connectivity index (χ1v) is 8.08. The number of rotatable bonds is 2. The molecule has 1 unspecified atom stereocenters. The fourth-order valence-electron chi connectivity index (χ4n) is 3.30. The van der Waals surface area contributed by atoms with Gasteiger partial charge in [0.25, 0.3) is 5.92 Å². The van der Waals surface area contributed by atoms with Crippen LogP contribution in [0, 0.1) is 19.8 Å². The highest BCUT2D eigenvalue weighted by Gasteiger charge is 2.39. The largest absolute Gasteiger partial charge is 0.342 e. The summed E-state index contributed by atoms with van der Waals surface area (Å²) >= 11 is 0. The molecule has 0 spiro atoms. The van der Waals surface area contributed by atoms with Gasteiger partial charge in [0, 0.05) is 50.4 Å². The number of anilines is 1. The van der Waals surface area contributed by atoms with Gasteiger partial charge in [0.15, 0.2) is 0 Å². The number of likely N-dealkylation sites (tertiary alicyclic amines) is 1. The smallest absolute Gasteiger partial charge is 0.251 e.